The van der Waals surface area contributed by atoms with Crippen LogP contribution in [0, 0.1) is 18.7 Å². The van der Waals surface area contributed by atoms with Gasteiger partial charge in [0.25, 0.3) is 0 Å². The van der Waals surface area contributed by atoms with E-state index in [1.807, 2.05) is 13.8 Å². The number of sulfonamides is 1. The molecule has 0 atom stereocenters. The van der Waals surface area contributed by atoms with E-state index in [1.165, 1.54) is 16.4 Å². The minimum atomic E-state index is -3.57. The fourth-order valence-electron chi connectivity index (χ4n) is 2.19. The van der Waals surface area contributed by atoms with Gasteiger partial charge in [-0.2, -0.15) is 4.31 Å². The molecule has 1 aromatic carbocycles. The van der Waals surface area contributed by atoms with Crippen molar-refractivity contribution in [2.24, 2.45) is 11.7 Å². The smallest absolute Gasteiger partial charge is 0.243 e. The average Bonchev–Trinajstić information content (AvgIpc) is 2.23. The van der Waals surface area contributed by atoms with E-state index in [-0.39, 0.29) is 10.8 Å². The normalized spacial score (nSPS) is 19.5. The number of halogens is 1. The molecular formula is C13H19FN2O2S. The predicted octanol–water partition coefficient (Wildman–Crippen LogP) is 1.49. The molecule has 19 heavy (non-hydrogen) atoms. The highest BCUT2D eigenvalue weighted by Crippen LogP contribution is 2.32. The highest BCUT2D eigenvalue weighted by molar-refractivity contribution is 7.89. The van der Waals surface area contributed by atoms with Gasteiger partial charge in [-0.05, 0) is 36.6 Å². The lowest BCUT2D eigenvalue weighted by molar-refractivity contribution is 0.110. The third-order valence-corrected chi connectivity index (χ3v) is 5.80. The van der Waals surface area contributed by atoms with Gasteiger partial charge in [-0.25, -0.2) is 12.8 Å². The summed E-state index contributed by atoms with van der Waals surface area (Å²) in [5.41, 5.74) is 6.07. The minimum Gasteiger partial charge on any atom is -0.323 e. The Bertz CT molecular complexity index is 593. The molecule has 0 saturated carbocycles. The van der Waals surface area contributed by atoms with Gasteiger partial charge in [-0.1, -0.05) is 13.8 Å². The standard InChI is InChI=1S/C13H19FN2O2S/c1-9(2)13(15)7-16(8-13)19(17,18)12-5-4-11(14)6-10(12)3/h4-6,9H,7-8,15H2,1-3H3. The summed E-state index contributed by atoms with van der Waals surface area (Å²) in [4.78, 5) is 0.153. The lowest BCUT2D eigenvalue weighted by Crippen LogP contribution is -2.70. The van der Waals surface area contributed by atoms with Crippen LogP contribution in [0.3, 0.4) is 0 Å². The van der Waals surface area contributed by atoms with Gasteiger partial charge in [0.05, 0.1) is 4.90 Å². The van der Waals surface area contributed by atoms with Gasteiger partial charge >= 0.3 is 0 Å². The van der Waals surface area contributed by atoms with Gasteiger partial charge < -0.3 is 5.73 Å². The molecule has 1 heterocycles. The van der Waals surface area contributed by atoms with Gasteiger partial charge in [0.1, 0.15) is 5.82 Å². The van der Waals surface area contributed by atoms with Gasteiger partial charge in [0, 0.05) is 18.6 Å². The summed E-state index contributed by atoms with van der Waals surface area (Å²) in [6.07, 6.45) is 0. The van der Waals surface area contributed by atoms with E-state index in [2.05, 4.69) is 0 Å². The maximum absolute atomic E-state index is 13.0. The molecule has 0 aromatic heterocycles. The van der Waals surface area contributed by atoms with Crippen LogP contribution in [0.15, 0.2) is 23.1 Å². The second kappa shape index (κ2) is 4.54. The molecule has 1 aliphatic rings. The number of nitrogens with zero attached hydrogens (tertiary/aromatic N) is 1. The van der Waals surface area contributed by atoms with E-state index in [1.54, 1.807) is 6.92 Å². The Morgan fingerprint density at radius 3 is 2.42 bits per heavy atom. The van der Waals surface area contributed by atoms with E-state index in [0.29, 0.717) is 18.7 Å². The molecule has 1 aliphatic heterocycles. The minimum absolute atomic E-state index is 0.153. The summed E-state index contributed by atoms with van der Waals surface area (Å²) in [5, 5.41) is 0. The van der Waals surface area contributed by atoms with Crippen molar-refractivity contribution in [3.05, 3.63) is 29.6 Å². The molecule has 4 nitrogen and oxygen atoms in total. The van der Waals surface area contributed by atoms with Crippen molar-refractivity contribution in [3.8, 4) is 0 Å². The van der Waals surface area contributed by atoms with Gasteiger partial charge in [0.15, 0.2) is 0 Å². The van der Waals surface area contributed by atoms with Crippen LogP contribution >= 0.6 is 0 Å². The van der Waals surface area contributed by atoms with Crippen molar-refractivity contribution in [1.29, 1.82) is 0 Å². The van der Waals surface area contributed by atoms with Crippen LogP contribution in [0.25, 0.3) is 0 Å². The van der Waals surface area contributed by atoms with E-state index < -0.39 is 21.4 Å². The largest absolute Gasteiger partial charge is 0.323 e. The number of aryl methyl sites for hydroxylation is 1. The van der Waals surface area contributed by atoms with Crippen LogP contribution in [0.2, 0.25) is 0 Å². The van der Waals surface area contributed by atoms with Crippen molar-refractivity contribution < 1.29 is 12.8 Å². The molecule has 0 spiro atoms. The summed E-state index contributed by atoms with van der Waals surface area (Å²) in [6.45, 7) is 6.17. The molecule has 0 unspecified atom stereocenters. The lowest BCUT2D eigenvalue weighted by Gasteiger charge is -2.49. The van der Waals surface area contributed by atoms with Crippen LogP contribution in [0.4, 0.5) is 4.39 Å². The van der Waals surface area contributed by atoms with E-state index in [0.717, 1.165) is 6.07 Å². The zero-order valence-electron chi connectivity index (χ0n) is 11.4. The van der Waals surface area contributed by atoms with E-state index in [9.17, 15) is 12.8 Å². The molecular weight excluding hydrogens is 267 g/mol. The second-order valence-electron chi connectivity index (χ2n) is 5.57. The fraction of sp³-hybridized carbons (Fsp3) is 0.538. The molecule has 106 valence electrons. The SMILES string of the molecule is Cc1cc(F)ccc1S(=O)(=O)N1CC(N)(C(C)C)C1. The Hall–Kier alpha value is -0.980. The number of hydrogen-bond donors (Lipinski definition) is 1. The maximum atomic E-state index is 13.0. The topological polar surface area (TPSA) is 63.4 Å². The number of nitrogens with two attached hydrogens (primary N) is 1. The van der Waals surface area contributed by atoms with Crippen molar-refractivity contribution >= 4 is 10.0 Å². The van der Waals surface area contributed by atoms with Crippen molar-refractivity contribution in [2.75, 3.05) is 13.1 Å². The molecule has 1 saturated heterocycles. The van der Waals surface area contributed by atoms with Crippen molar-refractivity contribution in [1.82, 2.24) is 4.31 Å². The molecule has 2 rings (SSSR count). The molecule has 0 aliphatic carbocycles. The van der Waals surface area contributed by atoms with E-state index in [4.69, 9.17) is 5.73 Å². The summed E-state index contributed by atoms with van der Waals surface area (Å²) >= 11 is 0. The van der Waals surface area contributed by atoms with Crippen LogP contribution in [0.5, 0.6) is 0 Å². The number of hydrogen-bond acceptors (Lipinski definition) is 3. The van der Waals surface area contributed by atoms with Gasteiger partial charge in [0.2, 0.25) is 10.0 Å². The van der Waals surface area contributed by atoms with Gasteiger partial charge in [-0.15, -0.1) is 0 Å². The lowest BCUT2D eigenvalue weighted by atomic mass is 9.82. The Morgan fingerprint density at radius 1 is 1.37 bits per heavy atom. The van der Waals surface area contributed by atoms with Crippen LogP contribution in [0.1, 0.15) is 19.4 Å². The molecule has 6 heteroatoms. The average molecular weight is 286 g/mol. The molecule has 0 radical (unpaired) electrons. The van der Waals surface area contributed by atoms with Crippen molar-refractivity contribution in [3.63, 3.8) is 0 Å². The third-order valence-electron chi connectivity index (χ3n) is 3.85. The number of benzene rings is 1. The monoisotopic (exact) mass is 286 g/mol. The van der Waals surface area contributed by atoms with Crippen LogP contribution < -0.4 is 5.73 Å². The van der Waals surface area contributed by atoms with Crippen LogP contribution in [-0.4, -0.2) is 31.4 Å². The highest BCUT2D eigenvalue weighted by atomic mass is 32.2. The Labute approximate surface area is 113 Å². The number of rotatable bonds is 3. The summed E-state index contributed by atoms with van der Waals surface area (Å²) in [6, 6.07) is 3.70. The summed E-state index contributed by atoms with van der Waals surface area (Å²) in [7, 11) is -3.57. The molecule has 1 aromatic rings. The first-order valence-electron chi connectivity index (χ1n) is 6.22. The first kappa shape index (κ1) is 14.4. The first-order valence-corrected chi connectivity index (χ1v) is 7.66. The molecule has 2 N–H and O–H groups in total. The third kappa shape index (κ3) is 2.40. The van der Waals surface area contributed by atoms with Gasteiger partial charge in [-0.3, -0.25) is 0 Å². The fourth-order valence-corrected chi connectivity index (χ4v) is 3.99. The zero-order valence-corrected chi connectivity index (χ0v) is 12.2. The van der Waals surface area contributed by atoms with Crippen molar-refractivity contribution in [2.45, 2.75) is 31.2 Å². The Balaban J connectivity index is 2.26. The first-order chi connectivity index (χ1) is 8.67. The Kier molecular flexibility index (Phi) is 3.45. The molecule has 1 fully saturated rings. The maximum Gasteiger partial charge on any atom is 0.243 e. The quantitative estimate of drug-likeness (QED) is 0.915. The second-order valence-corrected chi connectivity index (χ2v) is 7.48. The summed E-state index contributed by atoms with van der Waals surface area (Å²) in [5.74, 6) is -0.219. The predicted molar refractivity (Wildman–Crippen MR) is 71.7 cm³/mol. The highest BCUT2D eigenvalue weighted by Gasteiger charge is 2.47. The van der Waals surface area contributed by atoms with Crippen LogP contribution in [-0.2, 0) is 10.0 Å². The summed E-state index contributed by atoms with van der Waals surface area (Å²) < 4.78 is 39.2. The zero-order chi connectivity index (χ0) is 14.4. The van der Waals surface area contributed by atoms with E-state index >= 15 is 0 Å². The molecule has 0 amide bonds. The Morgan fingerprint density at radius 2 is 1.95 bits per heavy atom. The molecule has 0 bridgehead atoms.